The molecule has 338 valence electrons. The number of thiophene rings is 1. The van der Waals surface area contributed by atoms with Gasteiger partial charge >= 0.3 is 0 Å². The van der Waals surface area contributed by atoms with Crippen LogP contribution in [0.1, 0.15) is 134 Å². The maximum Gasteiger partial charge on any atom is 0.148 e. The monoisotopic (exact) mass is 1060 g/mol. The summed E-state index contributed by atoms with van der Waals surface area (Å²) >= 11 is 1.86. The first-order valence-electron chi connectivity index (χ1n) is 22.9. The zero-order chi connectivity index (χ0) is 46.2. The van der Waals surface area contributed by atoms with E-state index in [1.807, 2.05) is 17.5 Å². The number of aromatic nitrogens is 3. The standard InChI is InChI=1S/C59H64N3OS.Pt/c1-33-27-28-60-51-42-32-41(53-47(34(2)35(3)64-53)49(42)59(15,16)58(13,14)48(33)51)39-23-20-24-46-50(39)61-54(43-30-38(56(7,8)9)31-44(52(43)63)57(10,11)12)62(46)45-26-25-37(55(4,5)6)29-40(45)36-21-18-17-19-22-36;/h17-31,63H,1-16H3;/q-1;. The number of hydrogen-bond donors (Lipinski definition) is 1. The van der Waals surface area contributed by atoms with E-state index in [4.69, 9.17) is 9.97 Å². The molecule has 5 aromatic carbocycles. The number of fused-ring (bicyclic) bond motifs is 6. The Kier molecular flexibility index (Phi) is 11.2. The van der Waals surface area contributed by atoms with E-state index in [0.717, 1.165) is 66.9 Å². The molecule has 3 heterocycles. The fourth-order valence-electron chi connectivity index (χ4n) is 10.2. The Morgan fingerprint density at radius 1 is 0.662 bits per heavy atom. The molecule has 1 aliphatic rings. The Morgan fingerprint density at radius 2 is 1.31 bits per heavy atom. The van der Waals surface area contributed by atoms with Crippen molar-refractivity contribution >= 4 is 32.5 Å². The van der Waals surface area contributed by atoms with Crippen molar-refractivity contribution in [3.05, 3.63) is 141 Å². The molecule has 65 heavy (non-hydrogen) atoms. The van der Waals surface area contributed by atoms with Gasteiger partial charge in [0.15, 0.2) is 0 Å². The number of nitrogens with zero attached hydrogens (tertiary/aromatic N) is 3. The molecular formula is C59H64N3OPtS-. The molecule has 9 rings (SSSR count). The predicted octanol–water partition coefficient (Wildman–Crippen LogP) is 16.2. The van der Waals surface area contributed by atoms with Gasteiger partial charge in [-0.1, -0.05) is 178 Å². The third-order valence-corrected chi connectivity index (χ3v) is 16.0. The van der Waals surface area contributed by atoms with E-state index in [9.17, 15) is 5.11 Å². The molecule has 0 aliphatic heterocycles. The maximum atomic E-state index is 12.6. The van der Waals surface area contributed by atoms with Crippen molar-refractivity contribution in [3.8, 4) is 56.3 Å². The van der Waals surface area contributed by atoms with E-state index >= 15 is 0 Å². The number of phenolic OH excluding ortho intramolecular Hbond substituents is 1. The molecule has 0 saturated heterocycles. The normalized spacial score (nSPS) is 14.6. The van der Waals surface area contributed by atoms with Crippen LogP contribution in [-0.2, 0) is 48.1 Å². The van der Waals surface area contributed by atoms with Crippen LogP contribution in [0.25, 0.3) is 71.7 Å². The number of rotatable bonds is 4. The summed E-state index contributed by atoms with van der Waals surface area (Å²) in [6.45, 7) is 36.4. The number of pyridine rings is 1. The molecular weight excluding hydrogens is 994 g/mol. The van der Waals surface area contributed by atoms with Crippen LogP contribution >= 0.6 is 11.3 Å². The van der Waals surface area contributed by atoms with Crippen molar-refractivity contribution in [3.63, 3.8) is 0 Å². The van der Waals surface area contributed by atoms with Gasteiger partial charge in [-0.2, -0.15) is 11.3 Å². The smallest absolute Gasteiger partial charge is 0.148 e. The van der Waals surface area contributed by atoms with Gasteiger partial charge in [0.1, 0.15) is 11.6 Å². The fraction of sp³-hybridized carbons (Fsp3) is 0.356. The van der Waals surface area contributed by atoms with Gasteiger partial charge < -0.3 is 5.11 Å². The first-order valence-corrected chi connectivity index (χ1v) is 23.7. The molecule has 4 nitrogen and oxygen atoms in total. The molecule has 0 fully saturated rings. The van der Waals surface area contributed by atoms with Crippen molar-refractivity contribution in [2.45, 2.75) is 138 Å². The van der Waals surface area contributed by atoms with Crippen LogP contribution < -0.4 is 0 Å². The topological polar surface area (TPSA) is 50.9 Å². The minimum atomic E-state index is -0.324. The molecule has 0 spiro atoms. The molecule has 0 radical (unpaired) electrons. The SMILES string of the molecule is Cc1ccnc2c1C(C)(C)C(C)(C)c1c-2[c-]c(-c2cccc3c2nc(-c2cc(C(C)(C)C)cc(C(C)(C)C)c2O)n3-c2ccc(C(C)(C)C)cc2-c2ccccc2)c2sc(C)c(C)c12.[Pt]. The van der Waals surface area contributed by atoms with Gasteiger partial charge in [-0.15, -0.1) is 6.07 Å². The number of aryl methyl sites for hydroxylation is 3. The van der Waals surface area contributed by atoms with Gasteiger partial charge in [0.05, 0.1) is 22.3 Å². The van der Waals surface area contributed by atoms with Crippen LogP contribution in [0.3, 0.4) is 0 Å². The van der Waals surface area contributed by atoms with Crippen LogP contribution in [-0.4, -0.2) is 19.6 Å². The molecule has 8 aromatic rings. The molecule has 1 N–H and O–H groups in total. The summed E-state index contributed by atoms with van der Waals surface area (Å²) in [6, 6.07) is 34.8. The molecule has 6 heteroatoms. The van der Waals surface area contributed by atoms with E-state index in [-0.39, 0.29) is 53.9 Å². The van der Waals surface area contributed by atoms with Gasteiger partial charge in [0.25, 0.3) is 0 Å². The molecule has 1 aliphatic carbocycles. The van der Waals surface area contributed by atoms with Crippen LogP contribution in [0.4, 0.5) is 0 Å². The average Bonchev–Trinajstić information content (AvgIpc) is 3.75. The van der Waals surface area contributed by atoms with Crippen LogP contribution in [0.15, 0.2) is 91.1 Å². The summed E-state index contributed by atoms with van der Waals surface area (Å²) in [4.78, 5) is 12.3. The summed E-state index contributed by atoms with van der Waals surface area (Å²) in [5.74, 6) is 0.969. The molecule has 0 unspecified atom stereocenters. The molecule has 0 amide bonds. The number of imidazole rings is 1. The van der Waals surface area contributed by atoms with E-state index < -0.39 is 0 Å². The number of para-hydroxylation sites is 1. The molecule has 0 atom stereocenters. The van der Waals surface area contributed by atoms with Gasteiger partial charge in [-0.3, -0.25) is 9.55 Å². The van der Waals surface area contributed by atoms with Crippen molar-refractivity contribution in [1.29, 1.82) is 0 Å². The van der Waals surface area contributed by atoms with Gasteiger partial charge in [0, 0.05) is 44.1 Å². The zero-order valence-corrected chi connectivity index (χ0v) is 44.3. The average molecular weight is 1060 g/mol. The van der Waals surface area contributed by atoms with Gasteiger partial charge in [-0.25, -0.2) is 4.98 Å². The number of phenols is 1. The van der Waals surface area contributed by atoms with Gasteiger partial charge in [0.2, 0.25) is 0 Å². The van der Waals surface area contributed by atoms with Crippen LogP contribution in [0.5, 0.6) is 5.75 Å². The summed E-state index contributed by atoms with van der Waals surface area (Å²) in [5.41, 5.74) is 17.4. The summed E-state index contributed by atoms with van der Waals surface area (Å²) < 4.78 is 3.54. The Bertz CT molecular complexity index is 3200. The second-order valence-corrected chi connectivity index (χ2v) is 23.8. The first kappa shape index (κ1) is 46.7. The Hall–Kier alpha value is -4.83. The van der Waals surface area contributed by atoms with Crippen molar-refractivity contribution in [2.75, 3.05) is 0 Å². The molecule has 0 bridgehead atoms. The van der Waals surface area contributed by atoms with Gasteiger partial charge in [-0.05, 0) is 116 Å². The quantitative estimate of drug-likeness (QED) is 0.179. The summed E-state index contributed by atoms with van der Waals surface area (Å²) in [6.07, 6.45) is 1.96. The minimum absolute atomic E-state index is 0. The Balaban J connectivity index is 0.00000576. The third kappa shape index (κ3) is 7.26. The van der Waals surface area contributed by atoms with Crippen molar-refractivity contribution in [1.82, 2.24) is 14.5 Å². The largest absolute Gasteiger partial charge is 0.507 e. The Morgan fingerprint density at radius 3 is 1.95 bits per heavy atom. The molecule has 3 aromatic heterocycles. The minimum Gasteiger partial charge on any atom is -0.507 e. The fourth-order valence-corrected chi connectivity index (χ4v) is 11.4. The number of aromatic hydroxyl groups is 1. The summed E-state index contributed by atoms with van der Waals surface area (Å²) in [5, 5.41) is 13.9. The maximum absolute atomic E-state index is 12.6. The van der Waals surface area contributed by atoms with Crippen LogP contribution in [0, 0.1) is 26.8 Å². The van der Waals surface area contributed by atoms with E-state index in [1.165, 1.54) is 42.8 Å². The Labute approximate surface area is 405 Å². The van der Waals surface area contributed by atoms with E-state index in [2.05, 4.69) is 206 Å². The summed E-state index contributed by atoms with van der Waals surface area (Å²) in [7, 11) is 0. The van der Waals surface area contributed by atoms with Crippen LogP contribution in [0.2, 0.25) is 0 Å². The number of benzene rings is 5. The second-order valence-electron chi connectivity index (χ2n) is 22.6. The van der Waals surface area contributed by atoms with Crippen molar-refractivity contribution < 1.29 is 26.2 Å². The number of hydrogen-bond acceptors (Lipinski definition) is 4. The van der Waals surface area contributed by atoms with E-state index in [0.29, 0.717) is 5.82 Å². The third-order valence-electron chi connectivity index (χ3n) is 14.7. The molecule has 0 saturated carbocycles. The van der Waals surface area contributed by atoms with Crippen molar-refractivity contribution in [2.24, 2.45) is 0 Å². The van der Waals surface area contributed by atoms with E-state index in [1.54, 1.807) is 0 Å². The predicted molar refractivity (Wildman–Crippen MR) is 273 cm³/mol. The zero-order valence-electron chi connectivity index (χ0n) is 41.2. The second kappa shape index (κ2) is 15.6. The first-order chi connectivity index (χ1) is 29.8.